The summed E-state index contributed by atoms with van der Waals surface area (Å²) in [5, 5.41) is 3.18. The zero-order chi connectivity index (χ0) is 13.2. The zero-order valence-corrected chi connectivity index (χ0v) is 10.3. The maximum Gasteiger partial charge on any atom is 0.162 e. The van der Waals surface area contributed by atoms with E-state index in [9.17, 15) is 4.39 Å². The number of imidazole rings is 1. The second kappa shape index (κ2) is 4.64. The average Bonchev–Trinajstić information content (AvgIpc) is 2.89. The highest BCUT2D eigenvalue weighted by atomic mass is 19.1. The number of hydrogen-bond acceptors (Lipinski definition) is 4. The molecule has 0 bridgehead atoms. The topological polar surface area (TPSA) is 66.5 Å². The minimum atomic E-state index is -0.194. The molecular weight excluding hydrogens is 245 g/mol. The maximum atomic E-state index is 13.2. The molecule has 6 heteroatoms. The molecule has 0 aliphatic heterocycles. The lowest BCUT2D eigenvalue weighted by atomic mass is 10.1. The number of hydrogen-bond donors (Lipinski definition) is 2. The van der Waals surface area contributed by atoms with Crippen LogP contribution in [0.25, 0.3) is 11.2 Å². The van der Waals surface area contributed by atoms with Gasteiger partial charge >= 0.3 is 0 Å². The van der Waals surface area contributed by atoms with Crippen LogP contribution in [-0.2, 0) is 6.54 Å². The van der Waals surface area contributed by atoms with E-state index in [1.54, 1.807) is 19.3 Å². The van der Waals surface area contributed by atoms with E-state index in [0.29, 0.717) is 29.1 Å². The summed E-state index contributed by atoms with van der Waals surface area (Å²) in [5.74, 6) is 0.466. The second-order valence-corrected chi connectivity index (χ2v) is 4.26. The van der Waals surface area contributed by atoms with E-state index in [4.69, 9.17) is 0 Å². The quantitative estimate of drug-likeness (QED) is 0.756. The predicted molar refractivity (Wildman–Crippen MR) is 70.1 cm³/mol. The summed E-state index contributed by atoms with van der Waals surface area (Å²) in [6.45, 7) is 2.30. The summed E-state index contributed by atoms with van der Waals surface area (Å²) in [6.07, 6.45) is 3.05. The summed E-state index contributed by atoms with van der Waals surface area (Å²) < 4.78 is 13.2. The number of fused-ring (bicyclic) bond motifs is 1. The number of rotatable bonds is 3. The molecule has 2 aromatic heterocycles. The predicted octanol–water partition coefficient (Wildman–Crippen LogP) is 2.41. The molecule has 0 atom stereocenters. The van der Waals surface area contributed by atoms with E-state index in [0.717, 1.165) is 5.56 Å². The number of aromatic amines is 1. The summed E-state index contributed by atoms with van der Waals surface area (Å²) in [5.41, 5.74) is 3.00. The third-order valence-electron chi connectivity index (χ3n) is 2.90. The third kappa shape index (κ3) is 2.24. The first kappa shape index (κ1) is 11.6. The van der Waals surface area contributed by atoms with Crippen molar-refractivity contribution in [3.8, 4) is 0 Å². The highest BCUT2D eigenvalue weighted by Crippen LogP contribution is 2.16. The molecule has 19 heavy (non-hydrogen) atoms. The standard InChI is InChI=1S/C13H12FN5/c1-8-4-9(2-3-10(8)14)5-15-12-11-13(17-6-16-11)19-7-18-12/h2-4,6-7H,5H2,1H3,(H2,15,16,17,18,19). The molecule has 0 radical (unpaired) electrons. The van der Waals surface area contributed by atoms with Gasteiger partial charge in [0.2, 0.25) is 0 Å². The van der Waals surface area contributed by atoms with Gasteiger partial charge in [0.1, 0.15) is 17.7 Å². The molecule has 0 unspecified atom stereocenters. The van der Waals surface area contributed by atoms with Gasteiger partial charge in [-0.05, 0) is 24.1 Å². The molecule has 3 rings (SSSR count). The van der Waals surface area contributed by atoms with Crippen molar-refractivity contribution in [3.05, 3.63) is 47.8 Å². The molecule has 0 aliphatic carbocycles. The molecule has 0 aliphatic rings. The normalized spacial score (nSPS) is 10.8. The van der Waals surface area contributed by atoms with E-state index < -0.39 is 0 Å². The number of halogens is 1. The lowest BCUT2D eigenvalue weighted by Gasteiger charge is -2.07. The van der Waals surface area contributed by atoms with Gasteiger partial charge in [-0.2, -0.15) is 0 Å². The first-order chi connectivity index (χ1) is 9.24. The first-order valence-corrected chi connectivity index (χ1v) is 5.87. The summed E-state index contributed by atoms with van der Waals surface area (Å²) >= 11 is 0. The lowest BCUT2D eigenvalue weighted by Crippen LogP contribution is -2.03. The van der Waals surface area contributed by atoms with Crippen molar-refractivity contribution in [2.75, 3.05) is 5.32 Å². The van der Waals surface area contributed by atoms with Crippen LogP contribution in [0.2, 0.25) is 0 Å². The summed E-state index contributed by atoms with van der Waals surface area (Å²) in [7, 11) is 0. The number of aromatic nitrogens is 4. The van der Waals surface area contributed by atoms with Crippen LogP contribution in [0.4, 0.5) is 10.2 Å². The van der Waals surface area contributed by atoms with Gasteiger partial charge in [0, 0.05) is 6.54 Å². The van der Waals surface area contributed by atoms with E-state index >= 15 is 0 Å². The fourth-order valence-electron chi connectivity index (χ4n) is 1.90. The van der Waals surface area contributed by atoms with Crippen molar-refractivity contribution in [1.82, 2.24) is 19.9 Å². The summed E-state index contributed by atoms with van der Waals surface area (Å²) in [6, 6.07) is 5.03. The van der Waals surface area contributed by atoms with E-state index in [2.05, 4.69) is 25.3 Å². The molecule has 0 amide bonds. The Kier molecular flexibility index (Phi) is 2.83. The SMILES string of the molecule is Cc1cc(CNc2ncnc3[nH]cnc23)ccc1F. The van der Waals surface area contributed by atoms with Crippen LogP contribution in [0.3, 0.4) is 0 Å². The van der Waals surface area contributed by atoms with E-state index in [1.165, 1.54) is 12.4 Å². The smallest absolute Gasteiger partial charge is 0.162 e. The molecular formula is C13H12FN5. The minimum Gasteiger partial charge on any atom is -0.364 e. The number of aryl methyl sites for hydroxylation is 1. The monoisotopic (exact) mass is 257 g/mol. The number of benzene rings is 1. The number of nitrogens with zero attached hydrogens (tertiary/aromatic N) is 3. The number of anilines is 1. The summed E-state index contributed by atoms with van der Waals surface area (Å²) in [4.78, 5) is 15.3. The Morgan fingerprint density at radius 3 is 3.00 bits per heavy atom. The van der Waals surface area contributed by atoms with Crippen molar-refractivity contribution in [2.24, 2.45) is 0 Å². The average molecular weight is 257 g/mol. The van der Waals surface area contributed by atoms with Crippen molar-refractivity contribution in [1.29, 1.82) is 0 Å². The minimum absolute atomic E-state index is 0.194. The van der Waals surface area contributed by atoms with E-state index in [1.807, 2.05) is 6.07 Å². The van der Waals surface area contributed by atoms with Crippen LogP contribution in [0.15, 0.2) is 30.9 Å². The molecule has 0 fully saturated rings. The second-order valence-electron chi connectivity index (χ2n) is 4.26. The van der Waals surface area contributed by atoms with Crippen molar-refractivity contribution in [2.45, 2.75) is 13.5 Å². The van der Waals surface area contributed by atoms with Gasteiger partial charge in [-0.15, -0.1) is 0 Å². The Morgan fingerprint density at radius 1 is 1.26 bits per heavy atom. The van der Waals surface area contributed by atoms with Gasteiger partial charge in [0.05, 0.1) is 6.33 Å². The zero-order valence-electron chi connectivity index (χ0n) is 10.3. The molecule has 1 aromatic carbocycles. The van der Waals surface area contributed by atoms with Crippen LogP contribution >= 0.6 is 0 Å². The molecule has 0 saturated carbocycles. The van der Waals surface area contributed by atoms with Crippen LogP contribution in [0, 0.1) is 12.7 Å². The van der Waals surface area contributed by atoms with Crippen LogP contribution in [0.5, 0.6) is 0 Å². The van der Waals surface area contributed by atoms with Crippen molar-refractivity contribution < 1.29 is 4.39 Å². The van der Waals surface area contributed by atoms with E-state index in [-0.39, 0.29) is 5.82 Å². The first-order valence-electron chi connectivity index (χ1n) is 5.87. The molecule has 0 saturated heterocycles. The molecule has 3 aromatic rings. The maximum absolute atomic E-state index is 13.2. The number of H-pyrrole nitrogens is 1. The highest BCUT2D eigenvalue weighted by Gasteiger charge is 2.06. The van der Waals surface area contributed by atoms with Crippen LogP contribution in [-0.4, -0.2) is 19.9 Å². The Bertz CT molecular complexity index is 722. The fourth-order valence-corrected chi connectivity index (χ4v) is 1.90. The van der Waals surface area contributed by atoms with Gasteiger partial charge in [-0.1, -0.05) is 12.1 Å². The van der Waals surface area contributed by atoms with Crippen LogP contribution in [0.1, 0.15) is 11.1 Å². The Labute approximate surface area is 108 Å². The Balaban J connectivity index is 1.82. The van der Waals surface area contributed by atoms with Gasteiger partial charge in [0.15, 0.2) is 11.5 Å². The Morgan fingerprint density at radius 2 is 2.16 bits per heavy atom. The highest BCUT2D eigenvalue weighted by molar-refractivity contribution is 5.81. The van der Waals surface area contributed by atoms with Gasteiger partial charge in [-0.3, -0.25) is 0 Å². The van der Waals surface area contributed by atoms with Crippen molar-refractivity contribution >= 4 is 17.0 Å². The molecule has 2 N–H and O–H groups in total. The van der Waals surface area contributed by atoms with Gasteiger partial charge in [-0.25, -0.2) is 19.3 Å². The lowest BCUT2D eigenvalue weighted by molar-refractivity contribution is 0.617. The molecule has 96 valence electrons. The van der Waals surface area contributed by atoms with Gasteiger partial charge < -0.3 is 10.3 Å². The molecule has 0 spiro atoms. The Hall–Kier alpha value is -2.50. The molecule has 5 nitrogen and oxygen atoms in total. The fraction of sp³-hybridized carbons (Fsp3) is 0.154. The van der Waals surface area contributed by atoms with Gasteiger partial charge in [0.25, 0.3) is 0 Å². The third-order valence-corrected chi connectivity index (χ3v) is 2.90. The number of nitrogens with one attached hydrogen (secondary N) is 2. The van der Waals surface area contributed by atoms with Crippen LogP contribution < -0.4 is 5.32 Å². The molecule has 2 heterocycles. The van der Waals surface area contributed by atoms with Crippen molar-refractivity contribution in [3.63, 3.8) is 0 Å². The largest absolute Gasteiger partial charge is 0.364 e.